The molecular weight excluding hydrogens is 172 g/mol. The van der Waals surface area contributed by atoms with Crippen LogP contribution in [0.4, 0.5) is 0 Å². The van der Waals surface area contributed by atoms with Crippen LogP contribution in [-0.2, 0) is 0 Å². The summed E-state index contributed by atoms with van der Waals surface area (Å²) in [6.07, 6.45) is 5.54. The molecule has 0 aromatic heterocycles. The Hall–Kier alpha value is -0.0800. The van der Waals surface area contributed by atoms with Gasteiger partial charge in [-0.1, -0.05) is 13.8 Å². The van der Waals surface area contributed by atoms with Crippen LogP contribution in [0.2, 0.25) is 0 Å². The predicted octanol–water partition coefficient (Wildman–Crippen LogP) is 1.76. The highest BCUT2D eigenvalue weighted by Gasteiger charge is 2.35. The van der Waals surface area contributed by atoms with E-state index in [4.69, 9.17) is 0 Å². The van der Waals surface area contributed by atoms with E-state index in [1.807, 2.05) is 0 Å². The van der Waals surface area contributed by atoms with Crippen molar-refractivity contribution in [1.82, 2.24) is 10.6 Å². The number of hydrogen-bond donors (Lipinski definition) is 2. The molecule has 2 atom stereocenters. The van der Waals surface area contributed by atoms with Crippen molar-refractivity contribution in [2.24, 2.45) is 11.8 Å². The summed E-state index contributed by atoms with van der Waals surface area (Å²) in [5.74, 6) is 1.72. The van der Waals surface area contributed by atoms with Gasteiger partial charge in [0, 0.05) is 5.54 Å². The van der Waals surface area contributed by atoms with Gasteiger partial charge in [0.1, 0.15) is 0 Å². The van der Waals surface area contributed by atoms with E-state index in [-0.39, 0.29) is 0 Å². The predicted molar refractivity (Wildman–Crippen MR) is 60.4 cm³/mol. The molecule has 0 radical (unpaired) electrons. The molecule has 2 nitrogen and oxygen atoms in total. The second kappa shape index (κ2) is 4.19. The molecule has 0 aromatic carbocycles. The molecule has 2 fully saturated rings. The van der Waals surface area contributed by atoms with Crippen molar-refractivity contribution in [1.29, 1.82) is 0 Å². The molecule has 1 heterocycles. The van der Waals surface area contributed by atoms with Crippen molar-refractivity contribution < 1.29 is 0 Å². The highest BCUT2D eigenvalue weighted by molar-refractivity contribution is 4.95. The third-order valence-corrected chi connectivity index (χ3v) is 4.40. The molecule has 82 valence electrons. The van der Waals surface area contributed by atoms with Crippen LogP contribution in [0.25, 0.3) is 0 Å². The summed E-state index contributed by atoms with van der Waals surface area (Å²) in [7, 11) is 0. The summed E-state index contributed by atoms with van der Waals surface area (Å²) in [6, 6.07) is 0. The number of nitrogens with one attached hydrogen (secondary N) is 2. The van der Waals surface area contributed by atoms with Crippen LogP contribution in [0.15, 0.2) is 0 Å². The van der Waals surface area contributed by atoms with Crippen LogP contribution in [0, 0.1) is 11.8 Å². The molecule has 2 heteroatoms. The Balaban J connectivity index is 1.75. The molecular formula is C12H24N2. The molecule has 2 N–H and O–H groups in total. The molecule has 0 bridgehead atoms. The zero-order chi connectivity index (χ0) is 10.0. The maximum absolute atomic E-state index is 3.81. The first-order valence-corrected chi connectivity index (χ1v) is 6.21. The first-order valence-electron chi connectivity index (χ1n) is 6.21. The van der Waals surface area contributed by atoms with E-state index in [1.165, 1.54) is 45.3 Å². The maximum Gasteiger partial charge on any atom is 0.0179 e. The smallest absolute Gasteiger partial charge is 0.0179 e. The SMILES string of the molecule is CCC1(NCC2CNCC2C)CCC1. The third kappa shape index (κ3) is 1.96. The van der Waals surface area contributed by atoms with Crippen LogP contribution >= 0.6 is 0 Å². The van der Waals surface area contributed by atoms with Crippen molar-refractivity contribution in [2.75, 3.05) is 19.6 Å². The Kier molecular flexibility index (Phi) is 3.13. The van der Waals surface area contributed by atoms with Crippen LogP contribution in [-0.4, -0.2) is 25.2 Å². The first-order chi connectivity index (χ1) is 6.76. The lowest BCUT2D eigenvalue weighted by atomic mass is 9.74. The van der Waals surface area contributed by atoms with Gasteiger partial charge in [-0.05, 0) is 57.2 Å². The fourth-order valence-electron chi connectivity index (χ4n) is 2.74. The van der Waals surface area contributed by atoms with Gasteiger partial charge in [0.25, 0.3) is 0 Å². The molecule has 0 aromatic rings. The standard InChI is InChI=1S/C12H24N2/c1-3-12(5-4-6-12)14-9-11-8-13-7-10(11)2/h10-11,13-14H,3-9H2,1-2H3. The van der Waals surface area contributed by atoms with Crippen molar-refractivity contribution >= 4 is 0 Å². The summed E-state index contributed by atoms with van der Waals surface area (Å²) in [5.41, 5.74) is 0.530. The van der Waals surface area contributed by atoms with E-state index in [2.05, 4.69) is 24.5 Å². The van der Waals surface area contributed by atoms with Gasteiger partial charge in [0.2, 0.25) is 0 Å². The summed E-state index contributed by atoms with van der Waals surface area (Å²) in [6.45, 7) is 8.34. The van der Waals surface area contributed by atoms with E-state index < -0.39 is 0 Å². The second-order valence-corrected chi connectivity index (χ2v) is 5.26. The lowest BCUT2D eigenvalue weighted by Gasteiger charge is -2.43. The molecule has 1 saturated heterocycles. The van der Waals surface area contributed by atoms with E-state index in [9.17, 15) is 0 Å². The Labute approximate surface area is 87.8 Å². The van der Waals surface area contributed by atoms with E-state index in [0.29, 0.717) is 5.54 Å². The van der Waals surface area contributed by atoms with Gasteiger partial charge in [0.05, 0.1) is 0 Å². The summed E-state index contributed by atoms with van der Waals surface area (Å²) in [4.78, 5) is 0. The highest BCUT2D eigenvalue weighted by Crippen LogP contribution is 2.34. The van der Waals surface area contributed by atoms with E-state index >= 15 is 0 Å². The quantitative estimate of drug-likeness (QED) is 0.716. The zero-order valence-corrected chi connectivity index (χ0v) is 9.60. The molecule has 14 heavy (non-hydrogen) atoms. The maximum atomic E-state index is 3.81. The molecule has 1 aliphatic carbocycles. The topological polar surface area (TPSA) is 24.1 Å². The van der Waals surface area contributed by atoms with Crippen LogP contribution < -0.4 is 10.6 Å². The van der Waals surface area contributed by atoms with Gasteiger partial charge >= 0.3 is 0 Å². The molecule has 2 rings (SSSR count). The zero-order valence-electron chi connectivity index (χ0n) is 9.60. The number of hydrogen-bond acceptors (Lipinski definition) is 2. The monoisotopic (exact) mass is 196 g/mol. The fraction of sp³-hybridized carbons (Fsp3) is 1.00. The Morgan fingerprint density at radius 1 is 1.36 bits per heavy atom. The molecule has 2 unspecified atom stereocenters. The highest BCUT2D eigenvalue weighted by atomic mass is 15.0. The van der Waals surface area contributed by atoms with Crippen LogP contribution in [0.5, 0.6) is 0 Å². The number of rotatable bonds is 4. The Morgan fingerprint density at radius 3 is 2.57 bits per heavy atom. The minimum Gasteiger partial charge on any atom is -0.316 e. The summed E-state index contributed by atoms with van der Waals surface area (Å²) >= 11 is 0. The molecule has 1 saturated carbocycles. The fourth-order valence-corrected chi connectivity index (χ4v) is 2.74. The van der Waals surface area contributed by atoms with Gasteiger partial charge in [-0.25, -0.2) is 0 Å². The van der Waals surface area contributed by atoms with Crippen molar-refractivity contribution in [2.45, 2.75) is 45.1 Å². The van der Waals surface area contributed by atoms with Gasteiger partial charge in [-0.3, -0.25) is 0 Å². The molecule has 1 aliphatic heterocycles. The average Bonchev–Trinajstić information content (AvgIpc) is 2.51. The average molecular weight is 196 g/mol. The normalized spacial score (nSPS) is 35.6. The first kappa shape index (κ1) is 10.4. The van der Waals surface area contributed by atoms with Crippen LogP contribution in [0.1, 0.15) is 39.5 Å². The van der Waals surface area contributed by atoms with Crippen molar-refractivity contribution in [3.8, 4) is 0 Å². The molecule has 2 aliphatic rings. The van der Waals surface area contributed by atoms with Gasteiger partial charge in [-0.15, -0.1) is 0 Å². The van der Waals surface area contributed by atoms with Crippen molar-refractivity contribution in [3.63, 3.8) is 0 Å². The minimum absolute atomic E-state index is 0.530. The lowest BCUT2D eigenvalue weighted by molar-refractivity contribution is 0.165. The second-order valence-electron chi connectivity index (χ2n) is 5.26. The van der Waals surface area contributed by atoms with Gasteiger partial charge < -0.3 is 10.6 Å². The minimum atomic E-state index is 0.530. The summed E-state index contributed by atoms with van der Waals surface area (Å²) < 4.78 is 0. The van der Waals surface area contributed by atoms with Gasteiger partial charge in [-0.2, -0.15) is 0 Å². The van der Waals surface area contributed by atoms with E-state index in [0.717, 1.165) is 11.8 Å². The Morgan fingerprint density at radius 2 is 2.14 bits per heavy atom. The summed E-state index contributed by atoms with van der Waals surface area (Å²) in [5, 5.41) is 7.29. The largest absolute Gasteiger partial charge is 0.316 e. The van der Waals surface area contributed by atoms with Crippen molar-refractivity contribution in [3.05, 3.63) is 0 Å². The third-order valence-electron chi connectivity index (χ3n) is 4.40. The van der Waals surface area contributed by atoms with Gasteiger partial charge in [0.15, 0.2) is 0 Å². The Bertz CT molecular complexity index is 181. The molecule has 0 amide bonds. The van der Waals surface area contributed by atoms with E-state index in [1.54, 1.807) is 0 Å². The van der Waals surface area contributed by atoms with Crippen LogP contribution in [0.3, 0.4) is 0 Å². The molecule has 0 spiro atoms. The lowest BCUT2D eigenvalue weighted by Crippen LogP contribution is -2.52.